The number of carbonyl (C=O) groups is 2. The van der Waals surface area contributed by atoms with E-state index in [2.05, 4.69) is 5.32 Å². The molecule has 1 fully saturated rings. The van der Waals surface area contributed by atoms with Gasteiger partial charge in [0, 0.05) is 30.5 Å². The number of amides is 2. The fraction of sp³-hybridized carbons (Fsp3) is 0.389. The minimum Gasteiger partial charge on any atom is -0.497 e. The molecule has 0 spiro atoms. The SMILES string of the molecule is COc1ccc2c(C[C@H](NC(=O)[C@@H]3CCOC3)C(N)=O)cc(=O)oc2c1. The third-order valence-corrected chi connectivity index (χ3v) is 4.42. The molecule has 2 aromatic rings. The second-order valence-electron chi connectivity index (χ2n) is 6.18. The molecule has 138 valence electrons. The number of benzene rings is 1. The molecule has 0 unspecified atom stereocenters. The third kappa shape index (κ3) is 3.85. The van der Waals surface area contributed by atoms with E-state index >= 15 is 0 Å². The Morgan fingerprint density at radius 3 is 2.85 bits per heavy atom. The Morgan fingerprint density at radius 2 is 2.19 bits per heavy atom. The van der Waals surface area contributed by atoms with Crippen LogP contribution in [0.3, 0.4) is 0 Å². The first-order chi connectivity index (χ1) is 12.5. The van der Waals surface area contributed by atoms with Crippen molar-refractivity contribution in [3.63, 3.8) is 0 Å². The molecule has 2 heterocycles. The van der Waals surface area contributed by atoms with Crippen LogP contribution in [0.1, 0.15) is 12.0 Å². The summed E-state index contributed by atoms with van der Waals surface area (Å²) >= 11 is 0. The summed E-state index contributed by atoms with van der Waals surface area (Å²) in [5, 5.41) is 3.31. The van der Waals surface area contributed by atoms with Crippen LogP contribution in [0.4, 0.5) is 0 Å². The summed E-state index contributed by atoms with van der Waals surface area (Å²) in [5.74, 6) is -0.704. The van der Waals surface area contributed by atoms with Crippen LogP contribution < -0.4 is 21.4 Å². The van der Waals surface area contributed by atoms with E-state index in [-0.39, 0.29) is 18.2 Å². The Labute approximate surface area is 149 Å². The number of carbonyl (C=O) groups excluding carboxylic acids is 2. The summed E-state index contributed by atoms with van der Waals surface area (Å²) in [7, 11) is 1.51. The lowest BCUT2D eigenvalue weighted by molar-refractivity contribution is -0.129. The number of ether oxygens (including phenoxy) is 2. The van der Waals surface area contributed by atoms with E-state index in [0.29, 0.717) is 41.9 Å². The zero-order valence-electron chi connectivity index (χ0n) is 14.3. The summed E-state index contributed by atoms with van der Waals surface area (Å²) in [6.07, 6.45) is 0.693. The topological polar surface area (TPSA) is 121 Å². The smallest absolute Gasteiger partial charge is 0.336 e. The van der Waals surface area contributed by atoms with Crippen LogP contribution >= 0.6 is 0 Å². The number of hydrogen-bond acceptors (Lipinski definition) is 6. The quantitative estimate of drug-likeness (QED) is 0.717. The highest BCUT2D eigenvalue weighted by molar-refractivity contribution is 5.89. The van der Waals surface area contributed by atoms with Gasteiger partial charge in [0.15, 0.2) is 0 Å². The van der Waals surface area contributed by atoms with E-state index in [9.17, 15) is 14.4 Å². The number of nitrogens with one attached hydrogen (secondary N) is 1. The first-order valence-corrected chi connectivity index (χ1v) is 8.26. The van der Waals surface area contributed by atoms with Gasteiger partial charge >= 0.3 is 5.63 Å². The Balaban J connectivity index is 1.87. The second-order valence-corrected chi connectivity index (χ2v) is 6.18. The van der Waals surface area contributed by atoms with Gasteiger partial charge in [0.2, 0.25) is 11.8 Å². The molecule has 0 saturated carbocycles. The van der Waals surface area contributed by atoms with Crippen molar-refractivity contribution >= 4 is 22.8 Å². The van der Waals surface area contributed by atoms with E-state index < -0.39 is 17.6 Å². The number of primary amides is 1. The summed E-state index contributed by atoms with van der Waals surface area (Å²) in [6.45, 7) is 0.848. The first-order valence-electron chi connectivity index (χ1n) is 8.26. The van der Waals surface area contributed by atoms with Crippen molar-refractivity contribution in [1.82, 2.24) is 5.32 Å². The normalized spacial score (nSPS) is 17.8. The number of hydrogen-bond donors (Lipinski definition) is 2. The molecule has 3 rings (SSSR count). The lowest BCUT2D eigenvalue weighted by atomic mass is 10.0. The zero-order valence-corrected chi connectivity index (χ0v) is 14.3. The van der Waals surface area contributed by atoms with E-state index in [1.165, 1.54) is 13.2 Å². The molecule has 8 nitrogen and oxygen atoms in total. The Kier molecular flexibility index (Phi) is 5.22. The van der Waals surface area contributed by atoms with Crippen molar-refractivity contribution in [1.29, 1.82) is 0 Å². The van der Waals surface area contributed by atoms with Gasteiger partial charge in [-0.1, -0.05) is 0 Å². The van der Waals surface area contributed by atoms with Gasteiger partial charge in [-0.25, -0.2) is 4.79 Å². The van der Waals surface area contributed by atoms with Gasteiger partial charge < -0.3 is 24.9 Å². The Hall–Kier alpha value is -2.87. The van der Waals surface area contributed by atoms with Gasteiger partial charge in [0.05, 0.1) is 19.6 Å². The largest absolute Gasteiger partial charge is 0.497 e. The van der Waals surface area contributed by atoms with Gasteiger partial charge in [-0.2, -0.15) is 0 Å². The highest BCUT2D eigenvalue weighted by atomic mass is 16.5. The predicted molar refractivity (Wildman–Crippen MR) is 92.8 cm³/mol. The number of nitrogens with two attached hydrogens (primary N) is 1. The standard InChI is InChI=1S/C18H20N2O6/c1-24-12-2-3-13-11(7-16(21)26-15(13)8-12)6-14(17(19)22)20-18(23)10-4-5-25-9-10/h2-3,7-8,10,14H,4-6,9H2,1H3,(H2,19,22)(H,20,23)/t10-,14+/m1/s1. The molecule has 1 aromatic heterocycles. The molecule has 1 aliphatic rings. The van der Waals surface area contributed by atoms with Crippen LogP contribution in [-0.2, 0) is 20.7 Å². The maximum absolute atomic E-state index is 12.3. The van der Waals surface area contributed by atoms with Gasteiger partial charge in [-0.15, -0.1) is 0 Å². The lowest BCUT2D eigenvalue weighted by Crippen LogP contribution is -2.48. The predicted octanol–water partition coefficient (Wildman–Crippen LogP) is 0.351. The molecule has 3 N–H and O–H groups in total. The number of fused-ring (bicyclic) bond motifs is 1. The van der Waals surface area contributed by atoms with Crippen LogP contribution in [0.15, 0.2) is 33.5 Å². The highest BCUT2D eigenvalue weighted by Crippen LogP contribution is 2.23. The molecular weight excluding hydrogens is 340 g/mol. The van der Waals surface area contributed by atoms with Crippen LogP contribution in [0, 0.1) is 5.92 Å². The molecule has 8 heteroatoms. The highest BCUT2D eigenvalue weighted by Gasteiger charge is 2.28. The van der Waals surface area contributed by atoms with Crippen molar-refractivity contribution < 1.29 is 23.5 Å². The number of methoxy groups -OCH3 is 1. The van der Waals surface area contributed by atoms with E-state index in [0.717, 1.165) is 0 Å². The summed E-state index contributed by atoms with van der Waals surface area (Å²) in [5.41, 5.74) is 5.80. The van der Waals surface area contributed by atoms with Crippen molar-refractivity contribution in [2.75, 3.05) is 20.3 Å². The number of rotatable bonds is 6. The summed E-state index contributed by atoms with van der Waals surface area (Å²) < 4.78 is 15.5. The van der Waals surface area contributed by atoms with Gasteiger partial charge in [-0.05, 0) is 24.1 Å². The van der Waals surface area contributed by atoms with Crippen molar-refractivity contribution in [2.45, 2.75) is 18.9 Å². The molecule has 0 bridgehead atoms. The van der Waals surface area contributed by atoms with Crippen molar-refractivity contribution in [3.8, 4) is 5.75 Å². The van der Waals surface area contributed by atoms with Crippen LogP contribution in [-0.4, -0.2) is 38.2 Å². The molecule has 1 aromatic carbocycles. The van der Waals surface area contributed by atoms with Crippen LogP contribution in [0.2, 0.25) is 0 Å². The first kappa shape index (κ1) is 17.9. The zero-order chi connectivity index (χ0) is 18.7. The van der Waals surface area contributed by atoms with E-state index in [4.69, 9.17) is 19.6 Å². The summed E-state index contributed by atoms with van der Waals surface area (Å²) in [6, 6.07) is 5.41. The molecular formula is C18H20N2O6. The Morgan fingerprint density at radius 1 is 1.38 bits per heavy atom. The molecule has 26 heavy (non-hydrogen) atoms. The molecule has 0 radical (unpaired) electrons. The fourth-order valence-corrected chi connectivity index (χ4v) is 2.98. The monoisotopic (exact) mass is 360 g/mol. The lowest BCUT2D eigenvalue weighted by Gasteiger charge is -2.18. The van der Waals surface area contributed by atoms with Crippen LogP contribution in [0.5, 0.6) is 5.75 Å². The molecule has 2 atom stereocenters. The molecule has 0 aliphatic carbocycles. The van der Waals surface area contributed by atoms with Crippen molar-refractivity contribution in [3.05, 3.63) is 40.2 Å². The molecule has 1 saturated heterocycles. The second kappa shape index (κ2) is 7.57. The van der Waals surface area contributed by atoms with Gasteiger partial charge in [0.25, 0.3) is 0 Å². The van der Waals surface area contributed by atoms with Crippen molar-refractivity contribution in [2.24, 2.45) is 11.7 Å². The minimum atomic E-state index is -0.935. The third-order valence-electron chi connectivity index (χ3n) is 4.42. The fourth-order valence-electron chi connectivity index (χ4n) is 2.98. The maximum Gasteiger partial charge on any atom is 0.336 e. The van der Waals surface area contributed by atoms with Gasteiger partial charge in [-0.3, -0.25) is 9.59 Å². The van der Waals surface area contributed by atoms with Crippen LogP contribution in [0.25, 0.3) is 11.0 Å². The molecule has 2 amide bonds. The average molecular weight is 360 g/mol. The van der Waals surface area contributed by atoms with E-state index in [1.54, 1.807) is 18.2 Å². The Bertz CT molecular complexity index is 885. The average Bonchev–Trinajstić information content (AvgIpc) is 3.14. The minimum absolute atomic E-state index is 0.0864. The van der Waals surface area contributed by atoms with E-state index in [1.807, 2.05) is 0 Å². The summed E-state index contributed by atoms with van der Waals surface area (Å²) in [4.78, 5) is 36.0. The molecule has 1 aliphatic heterocycles. The maximum atomic E-state index is 12.3. The van der Waals surface area contributed by atoms with Gasteiger partial charge in [0.1, 0.15) is 17.4 Å².